The molecule has 1 nitrogen and oxygen atoms in total. The fraction of sp³-hybridized carbons (Fsp3) is 0.895. The van der Waals surface area contributed by atoms with Crippen molar-refractivity contribution >= 4 is 19.8 Å². The van der Waals surface area contributed by atoms with Crippen LogP contribution in [0.15, 0.2) is 0 Å². The maximum absolute atomic E-state index is 4.78. The third-order valence-corrected chi connectivity index (χ3v) is 13.6. The Bertz CT molecular complexity index is 174. The summed E-state index contributed by atoms with van der Waals surface area (Å²) in [5.74, 6) is 2.43. The molecule has 0 heterocycles. The molecule has 0 radical (unpaired) electrons. The van der Waals surface area contributed by atoms with Gasteiger partial charge in [0.1, 0.15) is 0 Å². The normalized spacial score (nSPS) is 9.52. The molecule has 0 spiro atoms. The average Bonchev–Trinajstić information content (AvgIpc) is 2.46. The van der Waals surface area contributed by atoms with Crippen LogP contribution in [0.5, 0.6) is 0 Å². The van der Waals surface area contributed by atoms with E-state index in [0.29, 0.717) is 0 Å². The Kier molecular flexibility index (Phi) is 31.6. The van der Waals surface area contributed by atoms with E-state index in [-0.39, 0.29) is 0 Å². The van der Waals surface area contributed by atoms with E-state index in [1.807, 2.05) is 33.0 Å². The molecule has 0 unspecified atom stereocenters. The van der Waals surface area contributed by atoms with Crippen LogP contribution in [-0.2, 0) is 0 Å². The summed E-state index contributed by atoms with van der Waals surface area (Å²) in [6, 6.07) is 0. The second kappa shape index (κ2) is 25.3. The fourth-order valence-corrected chi connectivity index (χ4v) is 12.8. The molecule has 0 aromatic rings. The van der Waals surface area contributed by atoms with Crippen molar-refractivity contribution < 1.29 is 0 Å². The molecule has 0 rings (SSSR count). The molecular formula is C19H43NSn. The zero-order valence-electron chi connectivity index (χ0n) is 16.2. The summed E-state index contributed by atoms with van der Waals surface area (Å²) in [5.41, 5.74) is 0. The molecule has 0 saturated carbocycles. The van der Waals surface area contributed by atoms with Crippen molar-refractivity contribution in [2.75, 3.05) is 21.1 Å². The number of hydrogen-bond acceptors (Lipinski definition) is 1. The van der Waals surface area contributed by atoms with Gasteiger partial charge in [0.2, 0.25) is 0 Å². The molecule has 0 aliphatic heterocycles. The van der Waals surface area contributed by atoms with Gasteiger partial charge in [0.15, 0.2) is 0 Å². The van der Waals surface area contributed by atoms with Gasteiger partial charge in [0.05, 0.1) is 0 Å². The third kappa shape index (κ3) is 38.4. The van der Waals surface area contributed by atoms with Crippen molar-refractivity contribution in [1.29, 1.82) is 0 Å². The molecule has 0 atom stereocenters. The number of terminal acetylenes is 1. The van der Waals surface area contributed by atoms with E-state index in [1.165, 1.54) is 38.5 Å². The van der Waals surface area contributed by atoms with Crippen molar-refractivity contribution in [2.45, 2.75) is 86.0 Å². The molecular weight excluding hydrogens is 361 g/mol. The summed E-state index contributed by atoms with van der Waals surface area (Å²) in [5, 5.41) is 0. The molecule has 0 saturated heterocycles. The van der Waals surface area contributed by atoms with E-state index in [9.17, 15) is 0 Å². The summed E-state index contributed by atoms with van der Waals surface area (Å²) >= 11 is -0.967. The maximum Gasteiger partial charge on any atom is -0.0140 e. The molecule has 0 bridgehead atoms. The first-order valence-corrected chi connectivity index (χ1v) is 16.0. The van der Waals surface area contributed by atoms with Crippen molar-refractivity contribution in [2.24, 2.45) is 0 Å². The van der Waals surface area contributed by atoms with Crippen molar-refractivity contribution in [3.63, 3.8) is 0 Å². The van der Waals surface area contributed by atoms with Crippen molar-refractivity contribution in [3.05, 3.63) is 0 Å². The Hall–Kier alpha value is 0.319. The first-order valence-electron chi connectivity index (χ1n) is 9.04. The van der Waals surface area contributed by atoms with Gasteiger partial charge in [-0.15, -0.1) is 12.3 Å². The van der Waals surface area contributed by atoms with Gasteiger partial charge in [-0.2, -0.15) is 0 Å². The summed E-state index contributed by atoms with van der Waals surface area (Å²) in [6.07, 6.45) is 14.5. The minimum absolute atomic E-state index is 0.847. The Morgan fingerprint density at radius 2 is 1.00 bits per heavy atom. The second-order valence-electron chi connectivity index (χ2n) is 6.19. The van der Waals surface area contributed by atoms with Crippen LogP contribution in [0.25, 0.3) is 0 Å². The second-order valence-corrected chi connectivity index (χ2v) is 16.1. The van der Waals surface area contributed by atoms with Gasteiger partial charge < -0.3 is 4.90 Å². The molecule has 0 aliphatic rings. The number of hydrogen-bond donors (Lipinski definition) is 0. The zero-order chi connectivity index (χ0) is 16.9. The standard InChI is InChI=1S/3C4H9.C4H6.C3H9N.Sn.H/c4*1-3-4-2;1-4(2)3;;/h3*1,3-4H2,2H3;1H,4H2,2H3;1-3H3;;. The SMILES string of the molecule is C#CCC.CCC[CH2][SnH]([CH2]CCC)[CH2]CCC.CN(C)C. The van der Waals surface area contributed by atoms with Crippen LogP contribution in [0.4, 0.5) is 0 Å². The summed E-state index contributed by atoms with van der Waals surface area (Å²) in [6.45, 7) is 8.95. The van der Waals surface area contributed by atoms with Crippen LogP contribution in [-0.4, -0.2) is 45.8 Å². The number of nitrogens with zero attached hydrogens (tertiary/aromatic N) is 1. The molecule has 0 N–H and O–H groups in total. The molecule has 0 aliphatic carbocycles. The molecule has 0 fully saturated rings. The minimum atomic E-state index is -0.967. The Labute approximate surface area is 144 Å². The van der Waals surface area contributed by atoms with Gasteiger partial charge >= 0.3 is 92.4 Å². The van der Waals surface area contributed by atoms with E-state index in [4.69, 9.17) is 6.42 Å². The maximum atomic E-state index is 4.78. The van der Waals surface area contributed by atoms with E-state index >= 15 is 0 Å². The van der Waals surface area contributed by atoms with Crippen LogP contribution in [0.1, 0.15) is 72.6 Å². The predicted octanol–water partition coefficient (Wildman–Crippen LogP) is 5.82. The van der Waals surface area contributed by atoms with Gasteiger partial charge in [0, 0.05) is 6.42 Å². The van der Waals surface area contributed by atoms with Crippen LogP contribution in [0.2, 0.25) is 13.3 Å². The van der Waals surface area contributed by atoms with Crippen LogP contribution < -0.4 is 0 Å². The Morgan fingerprint density at radius 1 is 0.762 bits per heavy atom. The van der Waals surface area contributed by atoms with Gasteiger partial charge in [-0.05, 0) is 21.1 Å². The number of rotatable bonds is 9. The smallest absolute Gasteiger partial charge is 0.0140 e. The summed E-state index contributed by atoms with van der Waals surface area (Å²) in [4.78, 5) is 2.00. The molecule has 0 aromatic carbocycles. The zero-order valence-corrected chi connectivity index (χ0v) is 19.5. The third-order valence-electron chi connectivity index (χ3n) is 3.10. The monoisotopic (exact) mass is 405 g/mol. The van der Waals surface area contributed by atoms with Crippen molar-refractivity contribution in [1.82, 2.24) is 4.90 Å². The molecule has 128 valence electrons. The van der Waals surface area contributed by atoms with Crippen LogP contribution >= 0.6 is 0 Å². The van der Waals surface area contributed by atoms with Gasteiger partial charge in [-0.1, -0.05) is 6.92 Å². The van der Waals surface area contributed by atoms with E-state index in [2.05, 4.69) is 26.7 Å². The minimum Gasteiger partial charge on any atom is -0.312 e. The van der Waals surface area contributed by atoms with E-state index in [0.717, 1.165) is 6.42 Å². The summed E-state index contributed by atoms with van der Waals surface area (Å²) < 4.78 is 5.08. The van der Waals surface area contributed by atoms with Gasteiger partial charge in [-0.25, -0.2) is 0 Å². The fourth-order valence-electron chi connectivity index (χ4n) is 1.91. The van der Waals surface area contributed by atoms with Gasteiger partial charge in [0.25, 0.3) is 0 Å². The Morgan fingerprint density at radius 3 is 1.14 bits per heavy atom. The van der Waals surface area contributed by atoms with Crippen LogP contribution in [0.3, 0.4) is 0 Å². The molecule has 0 amide bonds. The van der Waals surface area contributed by atoms with Crippen LogP contribution in [0, 0.1) is 12.3 Å². The largest absolute Gasteiger partial charge is 0.312 e. The summed E-state index contributed by atoms with van der Waals surface area (Å²) in [7, 11) is 6.00. The van der Waals surface area contributed by atoms with Gasteiger partial charge in [-0.3, -0.25) is 0 Å². The van der Waals surface area contributed by atoms with E-state index in [1.54, 1.807) is 13.3 Å². The van der Waals surface area contributed by atoms with E-state index < -0.39 is 19.8 Å². The topological polar surface area (TPSA) is 3.24 Å². The first-order chi connectivity index (χ1) is 9.99. The first kappa shape index (κ1) is 26.2. The number of unbranched alkanes of at least 4 members (excludes halogenated alkanes) is 3. The molecule has 21 heavy (non-hydrogen) atoms. The molecule has 2 heteroatoms. The predicted molar refractivity (Wildman–Crippen MR) is 105 cm³/mol. The Balaban J connectivity index is -0.000000334. The van der Waals surface area contributed by atoms with Crippen molar-refractivity contribution in [3.8, 4) is 12.3 Å². The quantitative estimate of drug-likeness (QED) is 0.346. The average molecular weight is 404 g/mol. The molecule has 0 aromatic heterocycles.